The Hall–Kier alpha value is -6.24. The van der Waals surface area contributed by atoms with Crippen molar-refractivity contribution in [3.63, 3.8) is 0 Å². The fourth-order valence-electron chi connectivity index (χ4n) is 7.94. The van der Waals surface area contributed by atoms with Crippen molar-refractivity contribution in [2.24, 2.45) is 0 Å². The van der Waals surface area contributed by atoms with Crippen molar-refractivity contribution in [3.05, 3.63) is 182 Å². The lowest BCUT2D eigenvalue weighted by molar-refractivity contribution is 1.60. The molecule has 0 atom stereocenters. The number of hydrogen-bond acceptors (Lipinski definition) is 0. The molecule has 0 nitrogen and oxygen atoms in total. The summed E-state index contributed by atoms with van der Waals surface area (Å²) in [5, 5.41) is 12.9. The molecule has 222 valence electrons. The first kappa shape index (κ1) is 26.9. The molecule has 0 unspecified atom stereocenters. The fraction of sp³-hybridized carbons (Fsp3) is 0. The Kier molecular flexibility index (Phi) is 5.98. The van der Waals surface area contributed by atoms with Crippen LogP contribution >= 0.6 is 0 Å². The summed E-state index contributed by atoms with van der Waals surface area (Å²) < 4.78 is 0. The molecule has 0 aliphatic carbocycles. The molecule has 0 aromatic heterocycles. The highest BCUT2D eigenvalue weighted by Crippen LogP contribution is 2.44. The summed E-state index contributed by atoms with van der Waals surface area (Å²) in [7, 11) is 0. The van der Waals surface area contributed by atoms with Gasteiger partial charge in [0.1, 0.15) is 0 Å². The summed E-state index contributed by atoms with van der Waals surface area (Å²) in [6.07, 6.45) is 0. The molecule has 10 rings (SSSR count). The third kappa shape index (κ3) is 4.16. The van der Waals surface area contributed by atoms with Crippen molar-refractivity contribution in [2.75, 3.05) is 0 Å². The van der Waals surface area contributed by atoms with Gasteiger partial charge in [-0.25, -0.2) is 0 Å². The lowest BCUT2D eigenvalue weighted by Gasteiger charge is -2.18. The molecule has 0 saturated carbocycles. The van der Waals surface area contributed by atoms with Crippen LogP contribution < -0.4 is 0 Å². The largest absolute Gasteiger partial charge is 0.0622 e. The van der Waals surface area contributed by atoms with Crippen LogP contribution in [0.4, 0.5) is 0 Å². The van der Waals surface area contributed by atoms with Crippen molar-refractivity contribution >= 4 is 53.9 Å². The van der Waals surface area contributed by atoms with Crippen LogP contribution in [0.1, 0.15) is 0 Å². The molecule has 0 saturated heterocycles. The minimum absolute atomic E-state index is 1.22. The summed E-state index contributed by atoms with van der Waals surface area (Å²) >= 11 is 0. The van der Waals surface area contributed by atoms with Crippen molar-refractivity contribution in [2.45, 2.75) is 0 Å². The molecular weight excluding hydrogens is 577 g/mol. The first-order chi connectivity index (χ1) is 23.8. The molecule has 10 aromatic carbocycles. The summed E-state index contributed by atoms with van der Waals surface area (Å²) in [6.45, 7) is 0. The summed E-state index contributed by atoms with van der Waals surface area (Å²) in [4.78, 5) is 0. The standard InChI is InChI=1S/C48H30/c1-2-11-33(12-3-1)46-42-16-7-6-10-32(42)19-26-43(46)38-15-8-14-37(30-38)40-24-20-34-23-28-45-41(25-21-35-22-27-44(40)47(34)48(35)45)39-18-17-31-9-4-5-13-36(31)29-39/h1-30H. The second-order valence-electron chi connectivity index (χ2n) is 12.9. The molecule has 0 spiro atoms. The zero-order chi connectivity index (χ0) is 31.6. The number of hydrogen-bond donors (Lipinski definition) is 0. The van der Waals surface area contributed by atoms with Gasteiger partial charge in [-0.1, -0.05) is 170 Å². The predicted octanol–water partition coefficient (Wildman–Crippen LogP) is 13.6. The Morgan fingerprint density at radius 3 is 1.46 bits per heavy atom. The maximum Gasteiger partial charge on any atom is -0.00203 e. The van der Waals surface area contributed by atoms with E-state index >= 15 is 0 Å². The number of fused-ring (bicyclic) bond motifs is 2. The van der Waals surface area contributed by atoms with E-state index < -0.39 is 0 Å². The Morgan fingerprint density at radius 2 is 0.729 bits per heavy atom. The van der Waals surface area contributed by atoms with E-state index in [2.05, 4.69) is 182 Å². The lowest BCUT2D eigenvalue weighted by atomic mass is 9.86. The molecule has 0 fully saturated rings. The normalized spacial score (nSPS) is 11.8. The van der Waals surface area contributed by atoms with E-state index in [4.69, 9.17) is 0 Å². The van der Waals surface area contributed by atoms with Gasteiger partial charge >= 0.3 is 0 Å². The minimum atomic E-state index is 1.22. The molecule has 0 aliphatic rings. The van der Waals surface area contributed by atoms with Crippen LogP contribution in [-0.2, 0) is 0 Å². The van der Waals surface area contributed by atoms with Crippen molar-refractivity contribution in [1.82, 2.24) is 0 Å². The average Bonchev–Trinajstić information content (AvgIpc) is 3.16. The van der Waals surface area contributed by atoms with E-state index in [1.165, 1.54) is 98.4 Å². The molecule has 0 bridgehead atoms. The third-order valence-corrected chi connectivity index (χ3v) is 10.2. The van der Waals surface area contributed by atoms with Crippen molar-refractivity contribution in [1.29, 1.82) is 0 Å². The molecule has 0 radical (unpaired) electrons. The zero-order valence-electron chi connectivity index (χ0n) is 26.3. The maximum absolute atomic E-state index is 2.38. The van der Waals surface area contributed by atoms with Gasteiger partial charge in [0.2, 0.25) is 0 Å². The molecule has 48 heavy (non-hydrogen) atoms. The summed E-state index contributed by atoms with van der Waals surface area (Å²) in [6, 6.07) is 67.1. The van der Waals surface area contributed by atoms with E-state index in [9.17, 15) is 0 Å². The van der Waals surface area contributed by atoms with Crippen molar-refractivity contribution < 1.29 is 0 Å². The SMILES string of the molecule is c1ccc(-c2c(-c3cccc(-c4ccc5ccc6c(-c7ccc8ccccc8c7)ccc7ccc4c5c76)c3)ccc3ccccc23)cc1. The average molecular weight is 607 g/mol. The Morgan fingerprint density at radius 1 is 0.229 bits per heavy atom. The topological polar surface area (TPSA) is 0 Å². The first-order valence-corrected chi connectivity index (χ1v) is 16.7. The maximum atomic E-state index is 2.38. The highest BCUT2D eigenvalue weighted by Gasteiger charge is 2.17. The van der Waals surface area contributed by atoms with Crippen LogP contribution in [-0.4, -0.2) is 0 Å². The van der Waals surface area contributed by atoms with Crippen LogP contribution in [0.2, 0.25) is 0 Å². The van der Waals surface area contributed by atoms with Crippen molar-refractivity contribution in [3.8, 4) is 44.5 Å². The van der Waals surface area contributed by atoms with Gasteiger partial charge in [0.15, 0.2) is 0 Å². The number of rotatable bonds is 4. The van der Waals surface area contributed by atoms with Gasteiger partial charge in [-0.15, -0.1) is 0 Å². The minimum Gasteiger partial charge on any atom is -0.0622 e. The Balaban J connectivity index is 1.17. The van der Waals surface area contributed by atoms with Gasteiger partial charge in [-0.3, -0.25) is 0 Å². The first-order valence-electron chi connectivity index (χ1n) is 16.7. The van der Waals surface area contributed by atoms with Gasteiger partial charge in [-0.2, -0.15) is 0 Å². The third-order valence-electron chi connectivity index (χ3n) is 10.2. The molecule has 0 aliphatic heterocycles. The molecular formula is C48H30. The highest BCUT2D eigenvalue weighted by molar-refractivity contribution is 6.27. The van der Waals surface area contributed by atoms with Gasteiger partial charge in [-0.05, 0) is 111 Å². The van der Waals surface area contributed by atoms with Gasteiger partial charge < -0.3 is 0 Å². The van der Waals surface area contributed by atoms with Crippen LogP contribution in [0.5, 0.6) is 0 Å². The second-order valence-corrected chi connectivity index (χ2v) is 12.9. The van der Waals surface area contributed by atoms with Gasteiger partial charge in [0.25, 0.3) is 0 Å². The van der Waals surface area contributed by atoms with E-state index in [1.54, 1.807) is 0 Å². The van der Waals surface area contributed by atoms with E-state index in [1.807, 2.05) is 0 Å². The monoisotopic (exact) mass is 606 g/mol. The quantitative estimate of drug-likeness (QED) is 0.175. The van der Waals surface area contributed by atoms with Gasteiger partial charge in [0, 0.05) is 0 Å². The predicted molar refractivity (Wildman–Crippen MR) is 207 cm³/mol. The van der Waals surface area contributed by atoms with Crippen LogP contribution in [0.15, 0.2) is 182 Å². The Labute approximate surface area is 279 Å². The van der Waals surface area contributed by atoms with Crippen LogP contribution in [0, 0.1) is 0 Å². The Bertz CT molecular complexity index is 2820. The summed E-state index contributed by atoms with van der Waals surface area (Å²) in [5.41, 5.74) is 10.0. The van der Waals surface area contributed by atoms with E-state index in [0.29, 0.717) is 0 Å². The van der Waals surface area contributed by atoms with E-state index in [0.717, 1.165) is 0 Å². The fourth-order valence-corrected chi connectivity index (χ4v) is 7.94. The molecule has 0 amide bonds. The number of benzene rings is 10. The zero-order valence-corrected chi connectivity index (χ0v) is 26.3. The highest BCUT2D eigenvalue weighted by atomic mass is 14.2. The lowest BCUT2D eigenvalue weighted by Crippen LogP contribution is -1.91. The van der Waals surface area contributed by atoms with E-state index in [-0.39, 0.29) is 0 Å². The smallest absolute Gasteiger partial charge is 0.00203 e. The summed E-state index contributed by atoms with van der Waals surface area (Å²) in [5.74, 6) is 0. The van der Waals surface area contributed by atoms with Crippen LogP contribution in [0.25, 0.3) is 98.4 Å². The molecule has 0 heteroatoms. The van der Waals surface area contributed by atoms with Crippen LogP contribution in [0.3, 0.4) is 0 Å². The van der Waals surface area contributed by atoms with Gasteiger partial charge in [0.05, 0.1) is 0 Å². The molecule has 0 N–H and O–H groups in total. The second kappa shape index (κ2) is 10.7. The molecule has 10 aromatic rings. The molecule has 0 heterocycles.